The maximum Gasteiger partial charge on any atom is 0.306 e. The second kappa shape index (κ2) is 4.87. The lowest BCUT2D eigenvalue weighted by molar-refractivity contribution is -0.144. The van der Waals surface area contributed by atoms with Gasteiger partial charge in [0.2, 0.25) is 0 Å². The van der Waals surface area contributed by atoms with E-state index in [1.165, 1.54) is 0 Å². The number of pyridine rings is 1. The van der Waals surface area contributed by atoms with Crippen LogP contribution in [0.25, 0.3) is 10.9 Å². The number of nitrogens with zero attached hydrogens (tertiary/aromatic N) is 1. The highest BCUT2D eigenvalue weighted by Crippen LogP contribution is 2.41. The third kappa shape index (κ3) is 2.16. The summed E-state index contributed by atoms with van der Waals surface area (Å²) in [6.45, 7) is 0. The summed E-state index contributed by atoms with van der Waals surface area (Å²) in [6.07, 6.45) is 3.68. The third-order valence-electron chi connectivity index (χ3n) is 4.30. The minimum atomic E-state index is -0.959. The molecule has 4 heteroatoms. The Morgan fingerprint density at radius 3 is 2.60 bits per heavy atom. The Morgan fingerprint density at radius 2 is 1.90 bits per heavy atom. The second-order valence-corrected chi connectivity index (χ2v) is 5.52. The average Bonchev–Trinajstić information content (AvgIpc) is 2.47. The Balaban J connectivity index is 1.97. The van der Waals surface area contributed by atoms with Crippen molar-refractivity contribution in [2.75, 3.05) is 0 Å². The smallest absolute Gasteiger partial charge is 0.306 e. The molecule has 0 unspecified atom stereocenters. The largest absolute Gasteiger partial charge is 0.481 e. The third-order valence-corrected chi connectivity index (χ3v) is 4.30. The minimum absolute atomic E-state index is 0.335. The summed E-state index contributed by atoms with van der Waals surface area (Å²) in [5, 5.41) is 21.0. The molecule has 4 nitrogen and oxygen atoms in total. The quantitative estimate of drug-likeness (QED) is 0.881. The number of benzene rings is 1. The van der Waals surface area contributed by atoms with Crippen LogP contribution in [0.3, 0.4) is 0 Å². The first-order valence-corrected chi connectivity index (χ1v) is 6.89. The van der Waals surface area contributed by atoms with Crippen molar-refractivity contribution in [1.82, 2.24) is 4.98 Å². The highest BCUT2D eigenvalue weighted by atomic mass is 16.4. The van der Waals surface area contributed by atoms with Crippen LogP contribution in [0.5, 0.6) is 0 Å². The molecule has 1 heterocycles. The van der Waals surface area contributed by atoms with Crippen molar-refractivity contribution in [3.63, 3.8) is 0 Å². The monoisotopic (exact) mass is 271 g/mol. The Morgan fingerprint density at radius 1 is 1.20 bits per heavy atom. The van der Waals surface area contributed by atoms with Gasteiger partial charge in [-0.1, -0.05) is 24.3 Å². The van der Waals surface area contributed by atoms with Crippen molar-refractivity contribution in [2.45, 2.75) is 31.3 Å². The van der Waals surface area contributed by atoms with Crippen LogP contribution in [0.2, 0.25) is 0 Å². The number of rotatable bonds is 2. The first-order chi connectivity index (χ1) is 9.60. The number of carboxylic acid groups (broad SMARTS) is 1. The summed E-state index contributed by atoms with van der Waals surface area (Å²) >= 11 is 0. The molecule has 0 saturated heterocycles. The lowest BCUT2D eigenvalue weighted by Gasteiger charge is -2.35. The van der Waals surface area contributed by atoms with E-state index in [0.29, 0.717) is 25.7 Å². The fourth-order valence-electron chi connectivity index (χ4n) is 3.09. The molecule has 0 radical (unpaired) electrons. The SMILES string of the molecule is O=C(O)C1CCC(O)(c2cccc3cccnc23)CC1. The van der Waals surface area contributed by atoms with Gasteiger partial charge < -0.3 is 10.2 Å². The summed E-state index contributed by atoms with van der Waals surface area (Å²) in [4.78, 5) is 15.4. The topological polar surface area (TPSA) is 70.4 Å². The Labute approximate surface area is 117 Å². The van der Waals surface area contributed by atoms with E-state index in [9.17, 15) is 9.90 Å². The summed E-state index contributed by atoms with van der Waals surface area (Å²) < 4.78 is 0. The second-order valence-electron chi connectivity index (χ2n) is 5.52. The van der Waals surface area contributed by atoms with Gasteiger partial charge in [0.1, 0.15) is 0 Å². The van der Waals surface area contributed by atoms with Gasteiger partial charge in [-0.3, -0.25) is 9.78 Å². The number of aliphatic hydroxyl groups is 1. The van der Waals surface area contributed by atoms with Gasteiger partial charge in [0.25, 0.3) is 0 Å². The van der Waals surface area contributed by atoms with E-state index in [2.05, 4.69) is 4.98 Å². The van der Waals surface area contributed by atoms with Crippen molar-refractivity contribution in [1.29, 1.82) is 0 Å². The molecule has 104 valence electrons. The normalized spacial score (nSPS) is 26.6. The van der Waals surface area contributed by atoms with Crippen LogP contribution in [0, 0.1) is 5.92 Å². The van der Waals surface area contributed by atoms with E-state index in [1.54, 1.807) is 6.20 Å². The van der Waals surface area contributed by atoms with Crippen molar-refractivity contribution < 1.29 is 15.0 Å². The molecule has 0 aliphatic heterocycles. The number of para-hydroxylation sites is 1. The maximum absolute atomic E-state index is 11.0. The van der Waals surface area contributed by atoms with Gasteiger partial charge in [-0.2, -0.15) is 0 Å². The van der Waals surface area contributed by atoms with E-state index >= 15 is 0 Å². The molecule has 1 fully saturated rings. The molecular formula is C16H17NO3. The van der Waals surface area contributed by atoms with E-state index in [-0.39, 0.29) is 5.92 Å². The molecule has 0 spiro atoms. The zero-order valence-electron chi connectivity index (χ0n) is 11.1. The van der Waals surface area contributed by atoms with Crippen LogP contribution < -0.4 is 0 Å². The van der Waals surface area contributed by atoms with Crippen LogP contribution in [0.4, 0.5) is 0 Å². The van der Waals surface area contributed by atoms with Crippen LogP contribution >= 0.6 is 0 Å². The Kier molecular flexibility index (Phi) is 3.18. The van der Waals surface area contributed by atoms with E-state index < -0.39 is 11.6 Å². The Bertz CT molecular complexity index is 640. The van der Waals surface area contributed by atoms with Crippen LogP contribution in [-0.2, 0) is 10.4 Å². The molecule has 1 aromatic heterocycles. The van der Waals surface area contributed by atoms with Crippen molar-refractivity contribution in [3.05, 3.63) is 42.1 Å². The summed E-state index contributed by atoms with van der Waals surface area (Å²) in [7, 11) is 0. The molecule has 2 aromatic rings. The standard InChI is InChI=1S/C16H17NO3/c18-15(19)12-6-8-16(20,9-7-12)13-5-1-3-11-4-2-10-17-14(11)13/h1-5,10,12,20H,6-9H2,(H,18,19). The van der Waals surface area contributed by atoms with Gasteiger partial charge in [-0.15, -0.1) is 0 Å². The molecule has 0 atom stereocenters. The van der Waals surface area contributed by atoms with E-state index in [1.807, 2.05) is 30.3 Å². The van der Waals surface area contributed by atoms with Crippen LogP contribution in [0.15, 0.2) is 36.5 Å². The fourth-order valence-corrected chi connectivity index (χ4v) is 3.09. The molecular weight excluding hydrogens is 254 g/mol. The van der Waals surface area contributed by atoms with Gasteiger partial charge in [0.15, 0.2) is 0 Å². The zero-order valence-corrected chi connectivity index (χ0v) is 11.1. The number of aliphatic carboxylic acids is 1. The zero-order chi connectivity index (χ0) is 14.2. The molecule has 3 rings (SSSR count). The summed E-state index contributed by atoms with van der Waals surface area (Å²) in [6, 6.07) is 9.63. The molecule has 0 amide bonds. The molecule has 2 N–H and O–H groups in total. The number of carbonyl (C=O) groups is 1. The summed E-state index contributed by atoms with van der Waals surface area (Å²) in [5.74, 6) is -1.10. The highest BCUT2D eigenvalue weighted by molar-refractivity contribution is 5.82. The predicted octanol–water partition coefficient (Wildman–Crippen LogP) is 2.70. The van der Waals surface area contributed by atoms with Crippen molar-refractivity contribution in [2.24, 2.45) is 5.92 Å². The average molecular weight is 271 g/mol. The van der Waals surface area contributed by atoms with Gasteiger partial charge in [0, 0.05) is 17.1 Å². The highest BCUT2D eigenvalue weighted by Gasteiger charge is 2.38. The molecule has 0 bridgehead atoms. The molecule has 1 aliphatic carbocycles. The van der Waals surface area contributed by atoms with Crippen LogP contribution in [0.1, 0.15) is 31.2 Å². The number of hydrogen-bond acceptors (Lipinski definition) is 3. The first-order valence-electron chi connectivity index (χ1n) is 6.89. The molecule has 1 aliphatic rings. The van der Waals surface area contributed by atoms with Gasteiger partial charge >= 0.3 is 5.97 Å². The number of fused-ring (bicyclic) bond motifs is 1. The number of hydrogen-bond donors (Lipinski definition) is 2. The molecule has 1 saturated carbocycles. The van der Waals surface area contributed by atoms with Crippen molar-refractivity contribution >= 4 is 16.9 Å². The minimum Gasteiger partial charge on any atom is -0.481 e. The molecule has 1 aromatic carbocycles. The predicted molar refractivity (Wildman–Crippen MR) is 75.2 cm³/mol. The lowest BCUT2D eigenvalue weighted by Crippen LogP contribution is -2.34. The maximum atomic E-state index is 11.0. The number of carboxylic acids is 1. The van der Waals surface area contributed by atoms with Crippen LogP contribution in [-0.4, -0.2) is 21.2 Å². The van der Waals surface area contributed by atoms with E-state index in [4.69, 9.17) is 5.11 Å². The van der Waals surface area contributed by atoms with Crippen molar-refractivity contribution in [3.8, 4) is 0 Å². The van der Waals surface area contributed by atoms with Gasteiger partial charge in [-0.05, 0) is 31.7 Å². The lowest BCUT2D eigenvalue weighted by atomic mass is 9.74. The first kappa shape index (κ1) is 13.1. The summed E-state index contributed by atoms with van der Waals surface area (Å²) in [5.41, 5.74) is 0.672. The number of aromatic nitrogens is 1. The fraction of sp³-hybridized carbons (Fsp3) is 0.375. The van der Waals surface area contributed by atoms with Gasteiger partial charge in [-0.25, -0.2) is 0 Å². The Hall–Kier alpha value is -1.94. The molecule has 20 heavy (non-hydrogen) atoms. The van der Waals surface area contributed by atoms with E-state index in [0.717, 1.165) is 16.5 Å². The van der Waals surface area contributed by atoms with Gasteiger partial charge in [0.05, 0.1) is 17.0 Å².